The van der Waals surface area contributed by atoms with Crippen LogP contribution >= 0.6 is 11.6 Å². The van der Waals surface area contributed by atoms with E-state index in [0.717, 1.165) is 5.56 Å². The van der Waals surface area contributed by atoms with Crippen LogP contribution in [-0.2, 0) is 5.41 Å². The number of nitro groups is 1. The Morgan fingerprint density at radius 2 is 1.69 bits per heavy atom. The Bertz CT molecular complexity index is 1480. The molecule has 8 heteroatoms. The summed E-state index contributed by atoms with van der Waals surface area (Å²) in [5, 5.41) is 11.4. The molecule has 178 valence electrons. The van der Waals surface area contributed by atoms with Crippen LogP contribution in [0.25, 0.3) is 22.3 Å². The number of benzene rings is 3. The van der Waals surface area contributed by atoms with E-state index in [1.165, 1.54) is 30.3 Å². The van der Waals surface area contributed by atoms with Gasteiger partial charge in [0.1, 0.15) is 5.58 Å². The second-order valence-corrected chi connectivity index (χ2v) is 9.51. The van der Waals surface area contributed by atoms with Crippen molar-refractivity contribution < 1.29 is 18.9 Å². The molecule has 7 nitrogen and oxygen atoms in total. The van der Waals surface area contributed by atoms with Crippen molar-refractivity contribution in [1.82, 2.24) is 0 Å². The largest absolute Gasteiger partial charge is 0.478 e. The minimum atomic E-state index is -0.548. The van der Waals surface area contributed by atoms with E-state index in [1.807, 2.05) is 24.3 Å². The standard InChI is InChI=1S/C27H22ClNO6/c1-27(2,3)18-8-4-17(5-9-18)25-26(24(31)21-14-19(28)10-13-23(21)35-25)34-15-22(30)16-6-11-20(12-7-16)29(32)33/h4-14H,15H2,1-3H3. The third-order valence-corrected chi connectivity index (χ3v) is 5.81. The number of hydrogen-bond acceptors (Lipinski definition) is 6. The summed E-state index contributed by atoms with van der Waals surface area (Å²) in [7, 11) is 0. The van der Waals surface area contributed by atoms with Crippen LogP contribution in [0.5, 0.6) is 5.75 Å². The number of nitrogens with zero attached hydrogens (tertiary/aromatic N) is 1. The number of hydrogen-bond donors (Lipinski definition) is 0. The fourth-order valence-electron chi connectivity index (χ4n) is 3.58. The molecule has 0 aliphatic carbocycles. The second kappa shape index (κ2) is 9.35. The van der Waals surface area contributed by atoms with Gasteiger partial charge in [0.25, 0.3) is 5.69 Å². The SMILES string of the molecule is CC(C)(C)c1ccc(-c2oc3ccc(Cl)cc3c(=O)c2OCC(=O)c2ccc([N+](=O)[O-])cc2)cc1. The molecule has 0 unspecified atom stereocenters. The normalized spacial score (nSPS) is 11.4. The summed E-state index contributed by atoms with van der Waals surface area (Å²) < 4.78 is 11.8. The maximum absolute atomic E-state index is 13.3. The number of nitro benzene ring substituents is 1. The number of ketones is 1. The molecule has 0 amide bonds. The summed E-state index contributed by atoms with van der Waals surface area (Å²) >= 11 is 6.08. The molecule has 35 heavy (non-hydrogen) atoms. The van der Waals surface area contributed by atoms with Crippen LogP contribution in [0.15, 0.2) is 75.9 Å². The predicted octanol–water partition coefficient (Wildman–Crippen LogP) is 6.58. The molecule has 0 N–H and O–H groups in total. The highest BCUT2D eigenvalue weighted by molar-refractivity contribution is 6.31. The minimum Gasteiger partial charge on any atom is -0.478 e. The molecule has 1 aromatic heterocycles. The summed E-state index contributed by atoms with van der Waals surface area (Å²) in [6.07, 6.45) is 0. The fourth-order valence-corrected chi connectivity index (χ4v) is 3.76. The van der Waals surface area contributed by atoms with Crippen LogP contribution in [0.3, 0.4) is 0 Å². The number of ether oxygens (including phenoxy) is 1. The number of Topliss-reactive ketones (excluding diaryl/α,β-unsaturated/α-hetero) is 1. The molecular weight excluding hydrogens is 470 g/mol. The van der Waals surface area contributed by atoms with E-state index in [0.29, 0.717) is 16.2 Å². The highest BCUT2D eigenvalue weighted by Crippen LogP contribution is 2.33. The molecule has 0 aliphatic heterocycles. The van der Waals surface area contributed by atoms with Gasteiger partial charge in [0.2, 0.25) is 11.2 Å². The Morgan fingerprint density at radius 1 is 1.03 bits per heavy atom. The lowest BCUT2D eigenvalue weighted by atomic mass is 9.86. The van der Waals surface area contributed by atoms with Crippen LogP contribution in [0, 0.1) is 10.1 Å². The summed E-state index contributed by atoms with van der Waals surface area (Å²) in [6.45, 7) is 5.84. The van der Waals surface area contributed by atoms with Crippen molar-refractivity contribution in [1.29, 1.82) is 0 Å². The van der Waals surface area contributed by atoms with E-state index in [-0.39, 0.29) is 33.6 Å². The van der Waals surface area contributed by atoms with Crippen LogP contribution in [-0.4, -0.2) is 17.3 Å². The molecule has 0 aliphatic rings. The van der Waals surface area contributed by atoms with Crippen molar-refractivity contribution in [2.24, 2.45) is 0 Å². The zero-order valence-electron chi connectivity index (χ0n) is 19.3. The lowest BCUT2D eigenvalue weighted by Crippen LogP contribution is -2.17. The van der Waals surface area contributed by atoms with Gasteiger partial charge in [0, 0.05) is 28.3 Å². The van der Waals surface area contributed by atoms with Crippen LogP contribution < -0.4 is 10.2 Å². The monoisotopic (exact) mass is 491 g/mol. The lowest BCUT2D eigenvalue weighted by molar-refractivity contribution is -0.384. The van der Waals surface area contributed by atoms with Gasteiger partial charge < -0.3 is 9.15 Å². The molecule has 0 bridgehead atoms. The van der Waals surface area contributed by atoms with E-state index >= 15 is 0 Å². The van der Waals surface area contributed by atoms with Crippen LogP contribution in [0.1, 0.15) is 36.7 Å². The van der Waals surface area contributed by atoms with Crippen molar-refractivity contribution in [3.63, 3.8) is 0 Å². The third-order valence-electron chi connectivity index (χ3n) is 5.57. The summed E-state index contributed by atoms with van der Waals surface area (Å²) in [6, 6.07) is 17.5. The van der Waals surface area contributed by atoms with E-state index in [2.05, 4.69) is 20.8 Å². The first kappa shape index (κ1) is 24.2. The first-order chi connectivity index (χ1) is 16.5. The van der Waals surface area contributed by atoms with E-state index in [4.69, 9.17) is 20.8 Å². The van der Waals surface area contributed by atoms with E-state index in [9.17, 15) is 19.7 Å². The summed E-state index contributed by atoms with van der Waals surface area (Å²) in [5.74, 6) is -0.361. The number of fused-ring (bicyclic) bond motifs is 1. The van der Waals surface area contributed by atoms with Gasteiger partial charge in [-0.2, -0.15) is 0 Å². The Labute approximate surface area is 206 Å². The van der Waals surface area contributed by atoms with Crippen molar-refractivity contribution in [2.45, 2.75) is 26.2 Å². The number of rotatable bonds is 6. The molecule has 0 spiro atoms. The van der Waals surface area contributed by atoms with Crippen molar-refractivity contribution in [3.8, 4) is 17.1 Å². The van der Waals surface area contributed by atoms with Gasteiger partial charge in [-0.05, 0) is 41.3 Å². The molecule has 0 saturated carbocycles. The van der Waals surface area contributed by atoms with Crippen LogP contribution in [0.4, 0.5) is 5.69 Å². The second-order valence-electron chi connectivity index (χ2n) is 9.07. The molecule has 3 aromatic carbocycles. The highest BCUT2D eigenvalue weighted by atomic mass is 35.5. The first-order valence-corrected chi connectivity index (χ1v) is 11.2. The Balaban J connectivity index is 1.73. The minimum absolute atomic E-state index is 0.0595. The van der Waals surface area contributed by atoms with Crippen LogP contribution in [0.2, 0.25) is 5.02 Å². The molecular formula is C27H22ClNO6. The maximum Gasteiger partial charge on any atom is 0.269 e. The average molecular weight is 492 g/mol. The van der Waals surface area contributed by atoms with Gasteiger partial charge in [-0.3, -0.25) is 19.7 Å². The molecule has 0 fully saturated rings. The fraction of sp³-hybridized carbons (Fsp3) is 0.185. The molecule has 4 rings (SSSR count). The molecule has 4 aromatic rings. The Hall–Kier alpha value is -3.97. The Kier molecular flexibility index (Phi) is 6.45. The van der Waals surface area contributed by atoms with Crippen molar-refractivity contribution in [3.05, 3.63) is 103 Å². The zero-order valence-corrected chi connectivity index (χ0v) is 20.1. The third kappa shape index (κ3) is 5.10. The van der Waals surface area contributed by atoms with Crippen molar-refractivity contribution >= 4 is 34.0 Å². The predicted molar refractivity (Wildman–Crippen MR) is 135 cm³/mol. The number of halogens is 1. The number of non-ortho nitro benzene ring substituents is 1. The number of carbonyl (C=O) groups is 1. The van der Waals surface area contributed by atoms with Crippen molar-refractivity contribution in [2.75, 3.05) is 6.61 Å². The summed E-state index contributed by atoms with van der Waals surface area (Å²) in [5.41, 5.74) is 1.63. The summed E-state index contributed by atoms with van der Waals surface area (Å²) in [4.78, 5) is 36.3. The van der Waals surface area contributed by atoms with E-state index < -0.39 is 22.7 Å². The quantitative estimate of drug-likeness (QED) is 0.171. The first-order valence-electron chi connectivity index (χ1n) is 10.8. The van der Waals surface area contributed by atoms with Gasteiger partial charge in [0.15, 0.2) is 18.2 Å². The molecule has 0 atom stereocenters. The topological polar surface area (TPSA) is 99.7 Å². The lowest BCUT2D eigenvalue weighted by Gasteiger charge is -2.19. The molecule has 1 heterocycles. The van der Waals surface area contributed by atoms with Gasteiger partial charge in [-0.15, -0.1) is 0 Å². The van der Waals surface area contributed by atoms with E-state index in [1.54, 1.807) is 12.1 Å². The zero-order chi connectivity index (χ0) is 25.3. The Morgan fingerprint density at radius 3 is 2.29 bits per heavy atom. The smallest absolute Gasteiger partial charge is 0.269 e. The van der Waals surface area contributed by atoms with Gasteiger partial charge in [-0.1, -0.05) is 56.6 Å². The maximum atomic E-state index is 13.3. The average Bonchev–Trinajstić information content (AvgIpc) is 2.83. The number of carbonyl (C=O) groups excluding carboxylic acids is 1. The molecule has 0 radical (unpaired) electrons. The highest BCUT2D eigenvalue weighted by Gasteiger charge is 2.21. The van der Waals surface area contributed by atoms with Gasteiger partial charge in [0.05, 0.1) is 10.3 Å². The molecule has 0 saturated heterocycles. The van der Waals surface area contributed by atoms with Gasteiger partial charge >= 0.3 is 0 Å². The van der Waals surface area contributed by atoms with Gasteiger partial charge in [-0.25, -0.2) is 0 Å².